The molecule has 1 aliphatic rings. The van der Waals surface area contributed by atoms with Crippen LogP contribution in [0.2, 0.25) is 0 Å². The second kappa shape index (κ2) is 3.85. The summed E-state index contributed by atoms with van der Waals surface area (Å²) < 4.78 is 0. The van der Waals surface area contributed by atoms with E-state index in [-0.39, 0.29) is 7.43 Å². The molecule has 2 nitrogen and oxygen atoms in total. The fourth-order valence-corrected chi connectivity index (χ4v) is 0.906. The van der Waals surface area contributed by atoms with Gasteiger partial charge in [0.25, 0.3) is 0 Å². The first kappa shape index (κ1) is 8.92. The van der Waals surface area contributed by atoms with Gasteiger partial charge in [-0.2, -0.15) is 0 Å². The highest BCUT2D eigenvalue weighted by Crippen LogP contribution is 1.93. The molecule has 0 aromatic carbocycles. The van der Waals surface area contributed by atoms with Gasteiger partial charge >= 0.3 is 0 Å². The Kier molecular flexibility index (Phi) is 3.82. The molecule has 1 heterocycles. The summed E-state index contributed by atoms with van der Waals surface area (Å²) in [5, 5.41) is 0. The minimum Gasteiger partial charge on any atom is -0.304 e. The molecule has 0 aromatic rings. The zero-order valence-corrected chi connectivity index (χ0v) is 5.72. The highest BCUT2D eigenvalue weighted by molar-refractivity contribution is 4.64. The van der Waals surface area contributed by atoms with Crippen molar-refractivity contribution in [2.24, 2.45) is 0 Å². The molecule has 0 N–H and O–H groups in total. The van der Waals surface area contributed by atoms with Gasteiger partial charge in [0.05, 0.1) is 0 Å². The molecule has 0 saturated carbocycles. The first-order chi connectivity index (χ1) is 3.79. The third-order valence-corrected chi connectivity index (χ3v) is 1.73. The molecule has 0 bridgehead atoms. The van der Waals surface area contributed by atoms with Gasteiger partial charge in [0, 0.05) is 26.2 Å². The van der Waals surface area contributed by atoms with Crippen LogP contribution in [-0.2, 0) is 0 Å². The lowest BCUT2D eigenvalue weighted by molar-refractivity contribution is 0.181. The normalized spacial score (nSPS) is 23.3. The van der Waals surface area contributed by atoms with E-state index in [1.54, 1.807) is 0 Å². The van der Waals surface area contributed by atoms with Gasteiger partial charge in [-0.3, -0.25) is 0 Å². The minimum atomic E-state index is 0. The van der Waals surface area contributed by atoms with Crippen molar-refractivity contribution in [1.29, 1.82) is 0 Å². The highest BCUT2D eigenvalue weighted by atomic mass is 15.2. The Labute approximate surface area is 58.4 Å². The Bertz CT molecular complexity index is 55.3. The molecule has 0 aliphatic carbocycles. The Hall–Kier alpha value is -0.0800. The fourth-order valence-electron chi connectivity index (χ4n) is 0.906. The molecule has 1 rings (SSSR count). The van der Waals surface area contributed by atoms with E-state index in [9.17, 15) is 0 Å². The maximum atomic E-state index is 2.36. The van der Waals surface area contributed by atoms with Crippen LogP contribution in [0, 0.1) is 0 Å². The van der Waals surface area contributed by atoms with Crippen LogP contribution in [0.5, 0.6) is 0 Å². The fraction of sp³-hybridized carbons (Fsp3) is 1.00. The van der Waals surface area contributed by atoms with Crippen molar-refractivity contribution in [1.82, 2.24) is 9.80 Å². The second-order valence-electron chi connectivity index (χ2n) is 2.61. The molecule has 0 radical (unpaired) electrons. The third-order valence-electron chi connectivity index (χ3n) is 1.73. The van der Waals surface area contributed by atoms with Crippen LogP contribution in [-0.4, -0.2) is 50.1 Å². The first-order valence-electron chi connectivity index (χ1n) is 3.16. The maximum Gasteiger partial charge on any atom is 0.0107 e. The molecule has 0 atom stereocenters. The van der Waals surface area contributed by atoms with Crippen molar-refractivity contribution in [2.45, 2.75) is 7.43 Å². The average molecular weight is 130 g/mol. The van der Waals surface area contributed by atoms with Crippen LogP contribution in [0.15, 0.2) is 0 Å². The van der Waals surface area contributed by atoms with Crippen molar-refractivity contribution in [3.05, 3.63) is 0 Å². The number of nitrogens with zero attached hydrogens (tertiary/aromatic N) is 2. The number of likely N-dealkylation sites (N-methyl/N-ethyl adjacent to an activating group) is 2. The third kappa shape index (κ3) is 2.82. The van der Waals surface area contributed by atoms with Gasteiger partial charge in [-0.25, -0.2) is 0 Å². The maximum absolute atomic E-state index is 2.36. The van der Waals surface area contributed by atoms with Gasteiger partial charge in [0.15, 0.2) is 0 Å². The molecule has 9 heavy (non-hydrogen) atoms. The van der Waals surface area contributed by atoms with Gasteiger partial charge in [-0.05, 0) is 14.1 Å². The SMILES string of the molecule is C.CN1CCN(C)CC1. The smallest absolute Gasteiger partial charge is 0.0107 e. The Balaban J connectivity index is 0.000000640. The summed E-state index contributed by atoms with van der Waals surface area (Å²) in [6.07, 6.45) is 0. The number of hydrogen-bond donors (Lipinski definition) is 0. The zero-order chi connectivity index (χ0) is 5.98. The summed E-state index contributed by atoms with van der Waals surface area (Å²) in [5.74, 6) is 0. The van der Waals surface area contributed by atoms with Gasteiger partial charge in [-0.15, -0.1) is 0 Å². The predicted molar refractivity (Wildman–Crippen MR) is 41.7 cm³/mol. The van der Waals surface area contributed by atoms with Crippen LogP contribution in [0.3, 0.4) is 0 Å². The molecular weight excluding hydrogens is 112 g/mol. The van der Waals surface area contributed by atoms with Crippen LogP contribution in [0.1, 0.15) is 7.43 Å². The van der Waals surface area contributed by atoms with E-state index in [2.05, 4.69) is 23.9 Å². The van der Waals surface area contributed by atoms with E-state index in [1.165, 1.54) is 26.2 Å². The topological polar surface area (TPSA) is 6.48 Å². The van der Waals surface area contributed by atoms with Crippen molar-refractivity contribution < 1.29 is 0 Å². The number of hydrogen-bond acceptors (Lipinski definition) is 2. The molecule has 1 saturated heterocycles. The van der Waals surface area contributed by atoms with Gasteiger partial charge in [0.1, 0.15) is 0 Å². The lowest BCUT2D eigenvalue weighted by atomic mass is 10.4. The summed E-state index contributed by atoms with van der Waals surface area (Å²) in [6, 6.07) is 0. The monoisotopic (exact) mass is 130 g/mol. The largest absolute Gasteiger partial charge is 0.304 e. The minimum absolute atomic E-state index is 0. The standard InChI is InChI=1S/C6H14N2.CH4/c1-7-3-5-8(2)6-4-7;/h3-6H2,1-2H3;1H4. The zero-order valence-electron chi connectivity index (χ0n) is 5.72. The molecule has 0 aromatic heterocycles. The Morgan fingerprint density at radius 3 is 1.22 bits per heavy atom. The van der Waals surface area contributed by atoms with E-state index < -0.39 is 0 Å². The molecule has 0 unspecified atom stereocenters. The van der Waals surface area contributed by atoms with Crippen LogP contribution in [0.25, 0.3) is 0 Å². The van der Waals surface area contributed by atoms with Crippen molar-refractivity contribution in [2.75, 3.05) is 40.3 Å². The van der Waals surface area contributed by atoms with Gasteiger partial charge in [-0.1, -0.05) is 7.43 Å². The van der Waals surface area contributed by atoms with Crippen molar-refractivity contribution in [3.8, 4) is 0 Å². The average Bonchev–Trinajstić information content (AvgIpc) is 1.77. The van der Waals surface area contributed by atoms with E-state index in [0.29, 0.717) is 0 Å². The summed E-state index contributed by atoms with van der Waals surface area (Å²) in [6.45, 7) is 4.93. The van der Waals surface area contributed by atoms with E-state index in [0.717, 1.165) is 0 Å². The Morgan fingerprint density at radius 2 is 1.00 bits per heavy atom. The lowest BCUT2D eigenvalue weighted by Crippen LogP contribution is -2.42. The molecule has 1 aliphatic heterocycles. The van der Waals surface area contributed by atoms with Gasteiger partial charge < -0.3 is 9.80 Å². The number of rotatable bonds is 0. The predicted octanol–water partition coefficient (Wildman–Crippen LogP) is 0.500. The van der Waals surface area contributed by atoms with Crippen LogP contribution in [0.4, 0.5) is 0 Å². The Morgan fingerprint density at radius 1 is 0.778 bits per heavy atom. The molecule has 56 valence electrons. The molecule has 2 heteroatoms. The summed E-state index contributed by atoms with van der Waals surface area (Å²) >= 11 is 0. The molecular formula is C7H18N2. The summed E-state index contributed by atoms with van der Waals surface area (Å²) in [4.78, 5) is 4.72. The summed E-state index contributed by atoms with van der Waals surface area (Å²) in [5.41, 5.74) is 0. The lowest BCUT2D eigenvalue weighted by Gasteiger charge is -2.28. The highest BCUT2D eigenvalue weighted by Gasteiger charge is 2.07. The molecule has 0 spiro atoms. The molecule has 1 fully saturated rings. The van der Waals surface area contributed by atoms with E-state index >= 15 is 0 Å². The summed E-state index contributed by atoms with van der Waals surface area (Å²) in [7, 11) is 4.35. The van der Waals surface area contributed by atoms with E-state index in [4.69, 9.17) is 0 Å². The van der Waals surface area contributed by atoms with Gasteiger partial charge in [0.2, 0.25) is 0 Å². The second-order valence-corrected chi connectivity index (χ2v) is 2.61. The first-order valence-corrected chi connectivity index (χ1v) is 3.16. The van der Waals surface area contributed by atoms with Crippen LogP contribution < -0.4 is 0 Å². The quantitative estimate of drug-likeness (QED) is 0.471. The molecule has 0 amide bonds. The number of piperazine rings is 1. The van der Waals surface area contributed by atoms with Crippen molar-refractivity contribution in [3.63, 3.8) is 0 Å². The van der Waals surface area contributed by atoms with Crippen molar-refractivity contribution >= 4 is 0 Å². The van der Waals surface area contributed by atoms with E-state index in [1.807, 2.05) is 0 Å². The van der Waals surface area contributed by atoms with Crippen LogP contribution >= 0.6 is 0 Å².